The minimum Gasteiger partial charge on any atom is -0.364 e. The average molecular weight is 363 g/mol. The molecule has 2 N–H and O–H groups in total. The second-order valence-corrected chi connectivity index (χ2v) is 8.64. The maximum absolute atomic E-state index is 12.9. The Balaban J connectivity index is 1.61. The van der Waals surface area contributed by atoms with Crippen molar-refractivity contribution in [3.05, 3.63) is 16.1 Å². The van der Waals surface area contributed by atoms with Crippen LogP contribution in [0.5, 0.6) is 0 Å². The molecule has 0 radical (unpaired) electrons. The van der Waals surface area contributed by atoms with Crippen LogP contribution in [0.4, 0.5) is 0 Å². The van der Waals surface area contributed by atoms with Gasteiger partial charge in [0.05, 0.1) is 6.61 Å². The number of oxime groups is 1. The number of primary amides is 1. The van der Waals surface area contributed by atoms with E-state index in [1.807, 2.05) is 0 Å². The number of nitrogens with zero attached hydrogens (tertiary/aromatic N) is 2. The number of amides is 1. The first-order chi connectivity index (χ1) is 11.7. The summed E-state index contributed by atoms with van der Waals surface area (Å²) in [6, 6.07) is 0. The number of ether oxygens (including phenoxy) is 1. The van der Waals surface area contributed by atoms with Gasteiger partial charge in [0, 0.05) is 21.9 Å². The van der Waals surface area contributed by atoms with Crippen LogP contribution in [0.1, 0.15) is 43.8 Å². The summed E-state index contributed by atoms with van der Waals surface area (Å²) in [4.78, 5) is 33.9. The molecule has 2 saturated carbocycles. The summed E-state index contributed by atoms with van der Waals surface area (Å²) >= 11 is 1.23. The van der Waals surface area contributed by atoms with Crippen molar-refractivity contribution in [3.8, 4) is 0 Å². The van der Waals surface area contributed by atoms with Crippen molar-refractivity contribution in [1.29, 1.82) is 0 Å². The van der Waals surface area contributed by atoms with Gasteiger partial charge in [0.25, 0.3) is 5.91 Å². The molecule has 25 heavy (non-hydrogen) atoms. The van der Waals surface area contributed by atoms with Crippen LogP contribution in [0.2, 0.25) is 0 Å². The fraction of sp³-hybridized carbons (Fsp3) is 0.647. The second kappa shape index (κ2) is 5.11. The monoisotopic (exact) mass is 363 g/mol. The Morgan fingerprint density at radius 1 is 1.48 bits per heavy atom. The van der Waals surface area contributed by atoms with Crippen LogP contribution in [-0.2, 0) is 19.2 Å². The van der Waals surface area contributed by atoms with Gasteiger partial charge in [-0.1, -0.05) is 19.0 Å². The first-order valence-electron chi connectivity index (χ1n) is 8.39. The van der Waals surface area contributed by atoms with E-state index in [1.54, 1.807) is 12.3 Å². The first-order valence-corrected chi connectivity index (χ1v) is 9.27. The molecule has 8 heteroatoms. The van der Waals surface area contributed by atoms with Gasteiger partial charge in [-0.25, -0.2) is 9.78 Å². The lowest BCUT2D eigenvalue weighted by atomic mass is 9.66. The predicted octanol–water partition coefficient (Wildman–Crippen LogP) is 1.78. The van der Waals surface area contributed by atoms with E-state index in [4.69, 9.17) is 15.3 Å². The lowest BCUT2D eigenvalue weighted by Crippen LogP contribution is -2.50. The highest BCUT2D eigenvalue weighted by Crippen LogP contribution is 2.75. The maximum atomic E-state index is 12.9. The zero-order valence-corrected chi connectivity index (χ0v) is 15.3. The maximum Gasteiger partial charge on any atom is 0.367 e. The molecule has 0 aromatic carbocycles. The molecular weight excluding hydrogens is 342 g/mol. The van der Waals surface area contributed by atoms with Gasteiger partial charge in [-0.2, -0.15) is 0 Å². The molecule has 1 aliphatic heterocycles. The van der Waals surface area contributed by atoms with E-state index in [9.17, 15) is 9.59 Å². The molecule has 134 valence electrons. The van der Waals surface area contributed by atoms with Crippen molar-refractivity contribution < 1.29 is 19.2 Å². The van der Waals surface area contributed by atoms with Crippen molar-refractivity contribution in [1.82, 2.24) is 4.98 Å². The third kappa shape index (κ3) is 1.95. The van der Waals surface area contributed by atoms with Crippen LogP contribution in [0.25, 0.3) is 0 Å². The van der Waals surface area contributed by atoms with Gasteiger partial charge >= 0.3 is 5.97 Å². The largest absolute Gasteiger partial charge is 0.367 e. The van der Waals surface area contributed by atoms with Gasteiger partial charge in [0.2, 0.25) is 5.71 Å². The molecule has 4 rings (SSSR count). The van der Waals surface area contributed by atoms with E-state index in [0.29, 0.717) is 24.0 Å². The Morgan fingerprint density at radius 2 is 2.24 bits per heavy atom. The molecule has 2 heterocycles. The summed E-state index contributed by atoms with van der Waals surface area (Å²) in [6.07, 6.45) is 2.69. The standard InChI is InChI=1S/C17H21N3O4S/c1-9-7-25-13(19-9)11(12(18)21)20-24-14(22)17-6-10-4-5-16(17,3)15(10,2)8-23-17/h7,10H,4-6,8H2,1-3H3,(H2,18,21)/b20-11+/t10-,15-,16-,17-/m1/s1. The smallest absolute Gasteiger partial charge is 0.364 e. The van der Waals surface area contributed by atoms with Crippen molar-refractivity contribution in [3.63, 3.8) is 0 Å². The Kier molecular flexibility index (Phi) is 3.40. The second-order valence-electron chi connectivity index (χ2n) is 7.78. The Bertz CT molecular complexity index is 806. The molecule has 2 aliphatic carbocycles. The molecule has 4 atom stereocenters. The summed E-state index contributed by atoms with van der Waals surface area (Å²) < 4.78 is 5.97. The summed E-state index contributed by atoms with van der Waals surface area (Å²) in [5, 5.41) is 5.87. The number of carbonyl (C=O) groups excluding carboxylic acids is 2. The molecular formula is C17H21N3O4S. The van der Waals surface area contributed by atoms with Gasteiger partial charge in [-0.05, 0) is 32.1 Å². The van der Waals surface area contributed by atoms with Gasteiger partial charge < -0.3 is 15.3 Å². The lowest BCUT2D eigenvalue weighted by molar-refractivity contribution is -0.181. The molecule has 0 unspecified atom stereocenters. The number of hydrogen-bond acceptors (Lipinski definition) is 7. The SMILES string of the molecule is Cc1csc(/C(=N/OC(=O)[C@]23C[C@H]4CC[C@]2(C)[C@]4(C)CO3)C(N)=O)n1. The van der Waals surface area contributed by atoms with Crippen LogP contribution >= 0.6 is 11.3 Å². The molecule has 1 amide bonds. The fourth-order valence-electron chi connectivity index (χ4n) is 5.03. The zero-order chi connectivity index (χ0) is 18.0. The van der Waals surface area contributed by atoms with E-state index in [2.05, 4.69) is 24.0 Å². The minimum absolute atomic E-state index is 0.00529. The number of rotatable bonds is 4. The Hall–Kier alpha value is -1.80. The fourth-order valence-corrected chi connectivity index (χ4v) is 5.81. The summed E-state index contributed by atoms with van der Waals surface area (Å²) in [6.45, 7) is 6.66. The molecule has 1 aromatic rings. The summed E-state index contributed by atoms with van der Waals surface area (Å²) in [5.41, 5.74) is 4.73. The number of aryl methyl sites for hydroxylation is 1. The molecule has 3 fully saturated rings. The number of hydrogen-bond donors (Lipinski definition) is 1. The molecule has 7 nitrogen and oxygen atoms in total. The van der Waals surface area contributed by atoms with Crippen molar-refractivity contribution in [2.45, 2.75) is 45.6 Å². The number of thiazole rings is 1. The van der Waals surface area contributed by atoms with Crippen molar-refractivity contribution >= 4 is 28.9 Å². The highest BCUT2D eigenvalue weighted by molar-refractivity contribution is 7.12. The topological polar surface area (TPSA) is 104 Å². The third-order valence-electron chi connectivity index (χ3n) is 6.80. The Labute approximate surface area is 149 Å². The summed E-state index contributed by atoms with van der Waals surface area (Å²) in [7, 11) is 0. The van der Waals surface area contributed by atoms with Gasteiger partial charge in [-0.3, -0.25) is 4.79 Å². The van der Waals surface area contributed by atoms with Crippen LogP contribution in [0.15, 0.2) is 10.5 Å². The highest BCUT2D eigenvalue weighted by Gasteiger charge is 2.79. The molecule has 3 aliphatic rings. The quantitative estimate of drug-likeness (QED) is 0.499. The van der Waals surface area contributed by atoms with Crippen molar-refractivity contribution in [2.75, 3.05) is 6.61 Å². The van der Waals surface area contributed by atoms with E-state index in [1.165, 1.54) is 11.3 Å². The zero-order valence-electron chi connectivity index (χ0n) is 14.5. The van der Waals surface area contributed by atoms with Crippen LogP contribution in [-0.4, -0.2) is 34.8 Å². The number of nitrogens with two attached hydrogens (primary N) is 1. The first kappa shape index (κ1) is 16.7. The lowest BCUT2D eigenvalue weighted by Gasteiger charge is -2.38. The van der Waals surface area contributed by atoms with E-state index < -0.39 is 17.5 Å². The van der Waals surface area contributed by atoms with Crippen LogP contribution in [0.3, 0.4) is 0 Å². The van der Waals surface area contributed by atoms with E-state index in [-0.39, 0.29) is 16.5 Å². The van der Waals surface area contributed by atoms with Gasteiger partial charge in [-0.15, -0.1) is 11.3 Å². The number of carbonyl (C=O) groups is 2. The molecule has 1 saturated heterocycles. The normalized spacial score (nSPS) is 39.0. The average Bonchev–Trinajstić information content (AvgIpc) is 3.20. The predicted molar refractivity (Wildman–Crippen MR) is 90.9 cm³/mol. The number of aromatic nitrogens is 1. The minimum atomic E-state index is -0.976. The summed E-state index contributed by atoms with van der Waals surface area (Å²) in [5.74, 6) is -0.857. The molecule has 4 bridgehead atoms. The van der Waals surface area contributed by atoms with Crippen LogP contribution in [0, 0.1) is 23.7 Å². The molecule has 1 aromatic heterocycles. The Morgan fingerprint density at radius 3 is 2.80 bits per heavy atom. The third-order valence-corrected chi connectivity index (χ3v) is 7.77. The van der Waals surface area contributed by atoms with Gasteiger partial charge in [0.15, 0.2) is 10.6 Å². The van der Waals surface area contributed by atoms with Gasteiger partial charge in [0.1, 0.15) is 0 Å². The van der Waals surface area contributed by atoms with Crippen LogP contribution < -0.4 is 5.73 Å². The molecule has 0 spiro atoms. The highest BCUT2D eigenvalue weighted by atomic mass is 32.1. The van der Waals surface area contributed by atoms with E-state index >= 15 is 0 Å². The van der Waals surface area contributed by atoms with Crippen molar-refractivity contribution in [2.24, 2.45) is 27.6 Å². The van der Waals surface area contributed by atoms with E-state index in [0.717, 1.165) is 18.5 Å².